The maximum atomic E-state index is 12.9. The molecule has 7 heteroatoms. The number of quaternary nitrogens is 1. The number of rotatable bonds is 26. The molecule has 0 aliphatic heterocycles. The fraction of sp³-hybridized carbons (Fsp3) is 0.933. The van der Waals surface area contributed by atoms with E-state index in [1.165, 1.54) is 64.2 Å². The van der Waals surface area contributed by atoms with Gasteiger partial charge in [-0.2, -0.15) is 0 Å². The van der Waals surface area contributed by atoms with Crippen molar-refractivity contribution < 1.29 is 28.7 Å². The maximum absolute atomic E-state index is 12.9. The highest BCUT2D eigenvalue weighted by Crippen LogP contribution is 2.53. The van der Waals surface area contributed by atoms with Crippen LogP contribution >= 0.6 is 7.60 Å². The maximum Gasteiger partial charge on any atom is 0.335 e. The number of unbranched alkanes of at least 4 members (excludes halogenated alkanes) is 13. The molecule has 6 nitrogen and oxygen atoms in total. The second kappa shape index (κ2) is 21.6. The first-order valence-electron chi connectivity index (χ1n) is 15.3. The predicted octanol–water partition coefficient (Wildman–Crippen LogP) is 7.95. The van der Waals surface area contributed by atoms with Crippen LogP contribution in [-0.4, -0.2) is 65.3 Å². The van der Waals surface area contributed by atoms with Gasteiger partial charge in [-0.05, 0) is 57.8 Å². The van der Waals surface area contributed by atoms with Crippen LogP contribution in [0.1, 0.15) is 136 Å². The van der Waals surface area contributed by atoms with E-state index in [4.69, 9.17) is 4.52 Å². The number of aliphatic hydroxyl groups is 2. The van der Waals surface area contributed by atoms with Crippen LogP contribution in [-0.2, 0) is 9.09 Å². The zero-order chi connectivity index (χ0) is 28.0. The molecule has 0 saturated carbocycles. The van der Waals surface area contributed by atoms with Gasteiger partial charge in [0.25, 0.3) is 0 Å². The molecule has 0 bridgehead atoms. The van der Waals surface area contributed by atoms with Gasteiger partial charge in [-0.25, -0.2) is 0 Å². The standard InChI is InChI=1S/C30H62NO5P/c1-6-8-9-10-11-12-13-14-15-16-17-18-19-20-21-23-26-30(33,7-2)36-37(34,35)29(28-32)25-22-24-27-31(3,4)5/h14-15,29,32-33H,6-13,16-28H2,1-5H3/p+1/b15-14-. The first kappa shape index (κ1) is 36.8. The molecule has 0 aliphatic carbocycles. The van der Waals surface area contributed by atoms with Gasteiger partial charge in [-0.3, -0.25) is 9.09 Å². The van der Waals surface area contributed by atoms with Gasteiger partial charge in [0.15, 0.2) is 5.79 Å². The van der Waals surface area contributed by atoms with Gasteiger partial charge in [0.2, 0.25) is 0 Å². The molecule has 222 valence electrons. The number of aliphatic hydroxyl groups excluding tert-OH is 1. The van der Waals surface area contributed by atoms with Crippen LogP contribution in [0.3, 0.4) is 0 Å². The van der Waals surface area contributed by atoms with Crippen molar-refractivity contribution in [1.82, 2.24) is 0 Å². The second-order valence-corrected chi connectivity index (χ2v) is 14.0. The molecule has 3 atom stereocenters. The van der Waals surface area contributed by atoms with Crippen LogP contribution in [0.25, 0.3) is 0 Å². The Kier molecular flexibility index (Phi) is 21.4. The van der Waals surface area contributed by atoms with Gasteiger partial charge in [-0.1, -0.05) is 83.8 Å². The third-order valence-corrected chi connectivity index (χ3v) is 9.17. The Morgan fingerprint density at radius 2 is 1.32 bits per heavy atom. The first-order valence-corrected chi connectivity index (χ1v) is 17.0. The summed E-state index contributed by atoms with van der Waals surface area (Å²) in [5, 5.41) is 20.6. The van der Waals surface area contributed by atoms with Gasteiger partial charge in [0, 0.05) is 6.42 Å². The van der Waals surface area contributed by atoms with E-state index in [1.807, 2.05) is 0 Å². The zero-order valence-corrected chi connectivity index (χ0v) is 26.0. The average Bonchev–Trinajstić information content (AvgIpc) is 2.82. The molecular weight excluding hydrogens is 485 g/mol. The van der Waals surface area contributed by atoms with E-state index in [0.29, 0.717) is 12.8 Å². The molecule has 0 aromatic rings. The minimum atomic E-state index is -4.12. The number of allylic oxidation sites excluding steroid dienone is 2. The SMILES string of the molecule is CCCCCCCC/C=C\CCCCCCCCC(O)(CC)OP(=O)(O)C(CO)CCCC[N+](C)(C)C. The molecule has 0 aromatic heterocycles. The van der Waals surface area contributed by atoms with Gasteiger partial charge in [-0.15, -0.1) is 0 Å². The lowest BCUT2D eigenvalue weighted by Crippen LogP contribution is -2.35. The van der Waals surface area contributed by atoms with Crippen molar-refractivity contribution in [3.8, 4) is 0 Å². The summed E-state index contributed by atoms with van der Waals surface area (Å²) < 4.78 is 19.2. The molecule has 0 amide bonds. The monoisotopic (exact) mass is 548 g/mol. The number of nitrogens with zero attached hydrogens (tertiary/aromatic N) is 1. The summed E-state index contributed by atoms with van der Waals surface area (Å²) in [5.74, 6) is -1.61. The largest absolute Gasteiger partial charge is 0.395 e. The molecule has 3 unspecified atom stereocenters. The third-order valence-electron chi connectivity index (χ3n) is 7.22. The summed E-state index contributed by atoms with van der Waals surface area (Å²) in [4.78, 5) is 10.5. The highest BCUT2D eigenvalue weighted by Gasteiger charge is 2.40. The highest BCUT2D eigenvalue weighted by atomic mass is 31.2. The molecule has 0 fully saturated rings. The molecule has 3 N–H and O–H groups in total. The molecule has 0 radical (unpaired) electrons. The summed E-state index contributed by atoms with van der Waals surface area (Å²) >= 11 is 0. The van der Waals surface area contributed by atoms with Crippen LogP contribution in [0, 0.1) is 0 Å². The Labute approximate surface area is 230 Å². The van der Waals surface area contributed by atoms with Crippen LogP contribution < -0.4 is 0 Å². The van der Waals surface area contributed by atoms with Crippen molar-refractivity contribution in [2.24, 2.45) is 0 Å². The fourth-order valence-corrected chi connectivity index (χ4v) is 6.15. The minimum Gasteiger partial charge on any atom is -0.395 e. The van der Waals surface area contributed by atoms with Crippen molar-refractivity contribution in [1.29, 1.82) is 0 Å². The predicted molar refractivity (Wildman–Crippen MR) is 158 cm³/mol. The first-order chi connectivity index (χ1) is 17.5. The summed E-state index contributed by atoms with van der Waals surface area (Å²) in [5.41, 5.74) is -0.849. The normalized spacial score (nSPS) is 16.6. The van der Waals surface area contributed by atoms with Crippen LogP contribution in [0.2, 0.25) is 0 Å². The minimum absolute atomic E-state index is 0.252. The van der Waals surface area contributed by atoms with E-state index >= 15 is 0 Å². The van der Waals surface area contributed by atoms with Crippen LogP contribution in [0.5, 0.6) is 0 Å². The average molecular weight is 549 g/mol. The molecular formula is C30H63NO5P+. The van der Waals surface area contributed by atoms with E-state index < -0.39 is 25.6 Å². The number of hydrogen-bond donors (Lipinski definition) is 3. The van der Waals surface area contributed by atoms with Crippen molar-refractivity contribution >= 4 is 7.60 Å². The van der Waals surface area contributed by atoms with Crippen LogP contribution in [0.4, 0.5) is 0 Å². The third kappa shape index (κ3) is 21.3. The van der Waals surface area contributed by atoms with Gasteiger partial charge in [0.1, 0.15) is 0 Å². The lowest BCUT2D eigenvalue weighted by Gasteiger charge is -2.32. The Bertz CT molecular complexity index is 607. The van der Waals surface area contributed by atoms with E-state index in [9.17, 15) is 19.7 Å². The summed E-state index contributed by atoms with van der Waals surface area (Å²) in [6.45, 7) is 4.58. The summed E-state index contributed by atoms with van der Waals surface area (Å²) in [6, 6.07) is 0. The zero-order valence-electron chi connectivity index (χ0n) is 25.1. The van der Waals surface area contributed by atoms with E-state index in [1.54, 1.807) is 6.92 Å². The Morgan fingerprint density at radius 3 is 1.81 bits per heavy atom. The molecule has 37 heavy (non-hydrogen) atoms. The smallest absolute Gasteiger partial charge is 0.335 e. The van der Waals surface area contributed by atoms with E-state index in [-0.39, 0.29) is 6.42 Å². The quantitative estimate of drug-likeness (QED) is 0.0336. The van der Waals surface area contributed by atoms with Crippen molar-refractivity contribution in [2.45, 2.75) is 147 Å². The van der Waals surface area contributed by atoms with E-state index in [0.717, 1.165) is 49.6 Å². The van der Waals surface area contributed by atoms with Crippen LogP contribution in [0.15, 0.2) is 12.2 Å². The second-order valence-electron chi connectivity index (χ2n) is 12.0. The molecule has 0 heterocycles. The van der Waals surface area contributed by atoms with E-state index in [2.05, 4.69) is 40.2 Å². The lowest BCUT2D eigenvalue weighted by molar-refractivity contribution is -0.870. The summed E-state index contributed by atoms with van der Waals surface area (Å²) in [6.07, 6.45) is 24.3. The molecule has 0 spiro atoms. The lowest BCUT2D eigenvalue weighted by atomic mass is 10.0. The highest BCUT2D eigenvalue weighted by molar-refractivity contribution is 7.53. The van der Waals surface area contributed by atoms with Crippen molar-refractivity contribution in [3.05, 3.63) is 12.2 Å². The van der Waals surface area contributed by atoms with Gasteiger partial charge in [0.05, 0.1) is 40.0 Å². The molecule has 0 aromatic carbocycles. The van der Waals surface area contributed by atoms with Crippen molar-refractivity contribution in [2.75, 3.05) is 34.3 Å². The Hall–Kier alpha value is -0.230. The fourth-order valence-electron chi connectivity index (χ4n) is 4.58. The molecule has 0 saturated heterocycles. The Balaban J connectivity index is 4.06. The topological polar surface area (TPSA) is 87.0 Å². The summed E-state index contributed by atoms with van der Waals surface area (Å²) in [7, 11) is 2.21. The Morgan fingerprint density at radius 1 is 0.811 bits per heavy atom. The van der Waals surface area contributed by atoms with Gasteiger partial charge >= 0.3 is 7.60 Å². The molecule has 0 aliphatic rings. The van der Waals surface area contributed by atoms with Crippen molar-refractivity contribution in [3.63, 3.8) is 0 Å². The van der Waals surface area contributed by atoms with Gasteiger partial charge < -0.3 is 19.6 Å². The molecule has 0 rings (SSSR count). The number of hydrogen-bond acceptors (Lipinski definition) is 4.